The Balaban J connectivity index is 2.21. The highest BCUT2D eigenvalue weighted by molar-refractivity contribution is 5.19. The van der Waals surface area contributed by atoms with Gasteiger partial charge in [-0.05, 0) is 31.5 Å². The fourth-order valence-electron chi connectivity index (χ4n) is 1.33. The van der Waals surface area contributed by atoms with Crippen LogP contribution in [0, 0.1) is 0 Å². The van der Waals surface area contributed by atoms with Gasteiger partial charge in [-0.15, -0.1) is 0 Å². The van der Waals surface area contributed by atoms with Crippen LogP contribution in [0.3, 0.4) is 0 Å². The molecule has 0 bridgehead atoms. The van der Waals surface area contributed by atoms with Gasteiger partial charge in [0.1, 0.15) is 5.75 Å². The van der Waals surface area contributed by atoms with E-state index < -0.39 is 0 Å². The number of hydrogen-bond acceptors (Lipinski definition) is 4. The molecule has 1 aromatic rings. The van der Waals surface area contributed by atoms with Crippen LogP contribution in [-0.2, 0) is 11.2 Å². The first-order valence-electron chi connectivity index (χ1n) is 5.63. The monoisotopic (exact) mass is 224 g/mol. The minimum atomic E-state index is 0.629. The molecule has 90 valence electrons. The van der Waals surface area contributed by atoms with Crippen LogP contribution in [-0.4, -0.2) is 31.9 Å². The molecule has 0 saturated heterocycles. The number of nitrogens with zero attached hydrogens (tertiary/aromatic N) is 1. The minimum Gasteiger partial charge on any atom is -0.492 e. The summed E-state index contributed by atoms with van der Waals surface area (Å²) in [6.07, 6.45) is 4.59. The Morgan fingerprint density at radius 3 is 2.69 bits per heavy atom. The summed E-state index contributed by atoms with van der Waals surface area (Å²) < 4.78 is 10.5. The van der Waals surface area contributed by atoms with Crippen molar-refractivity contribution >= 4 is 0 Å². The summed E-state index contributed by atoms with van der Waals surface area (Å²) >= 11 is 0. The normalized spacial score (nSPS) is 10.4. The standard InChI is InChI=1S/C12H20N2O2/c1-15-8-2-3-9-16-12-5-4-11(6-7-13)14-10-12/h4-5,10H,2-3,6-9,13H2,1H3. The summed E-state index contributed by atoms with van der Waals surface area (Å²) in [5.74, 6) is 0.818. The fourth-order valence-corrected chi connectivity index (χ4v) is 1.33. The van der Waals surface area contributed by atoms with E-state index in [0.717, 1.165) is 37.3 Å². The molecular formula is C12H20N2O2. The second kappa shape index (κ2) is 8.07. The largest absolute Gasteiger partial charge is 0.492 e. The van der Waals surface area contributed by atoms with Crippen molar-refractivity contribution in [3.8, 4) is 5.75 Å². The van der Waals surface area contributed by atoms with Crippen LogP contribution < -0.4 is 10.5 Å². The second-order valence-electron chi connectivity index (χ2n) is 3.57. The highest BCUT2D eigenvalue weighted by Crippen LogP contribution is 2.09. The molecule has 4 nitrogen and oxygen atoms in total. The van der Waals surface area contributed by atoms with Crippen LogP contribution in [0.4, 0.5) is 0 Å². The third kappa shape index (κ3) is 5.09. The van der Waals surface area contributed by atoms with Crippen molar-refractivity contribution < 1.29 is 9.47 Å². The van der Waals surface area contributed by atoms with E-state index in [1.807, 2.05) is 12.1 Å². The predicted octanol–water partition coefficient (Wildman–Crippen LogP) is 1.39. The molecule has 4 heteroatoms. The van der Waals surface area contributed by atoms with Gasteiger partial charge in [-0.3, -0.25) is 4.98 Å². The molecule has 0 aromatic carbocycles. The van der Waals surface area contributed by atoms with Gasteiger partial charge in [-0.2, -0.15) is 0 Å². The molecule has 0 unspecified atom stereocenters. The smallest absolute Gasteiger partial charge is 0.137 e. The Morgan fingerprint density at radius 2 is 2.06 bits per heavy atom. The molecule has 0 aliphatic heterocycles. The summed E-state index contributed by atoms with van der Waals surface area (Å²) in [4.78, 5) is 4.25. The van der Waals surface area contributed by atoms with Crippen molar-refractivity contribution in [2.75, 3.05) is 26.9 Å². The van der Waals surface area contributed by atoms with Gasteiger partial charge in [0, 0.05) is 25.8 Å². The van der Waals surface area contributed by atoms with Gasteiger partial charge in [-0.25, -0.2) is 0 Å². The molecule has 0 saturated carbocycles. The molecule has 1 heterocycles. The Morgan fingerprint density at radius 1 is 1.25 bits per heavy atom. The van der Waals surface area contributed by atoms with E-state index in [1.165, 1.54) is 0 Å². The molecule has 2 N–H and O–H groups in total. The maximum Gasteiger partial charge on any atom is 0.137 e. The molecule has 16 heavy (non-hydrogen) atoms. The highest BCUT2D eigenvalue weighted by Gasteiger charge is 1.96. The SMILES string of the molecule is COCCCCOc1ccc(CCN)nc1. The number of rotatable bonds is 8. The maximum absolute atomic E-state index is 5.54. The van der Waals surface area contributed by atoms with E-state index in [9.17, 15) is 0 Å². The van der Waals surface area contributed by atoms with Crippen LogP contribution in [0.1, 0.15) is 18.5 Å². The van der Waals surface area contributed by atoms with Crippen molar-refractivity contribution in [1.29, 1.82) is 0 Å². The van der Waals surface area contributed by atoms with Gasteiger partial charge >= 0.3 is 0 Å². The molecule has 0 fully saturated rings. The van der Waals surface area contributed by atoms with Crippen molar-refractivity contribution in [2.45, 2.75) is 19.3 Å². The lowest BCUT2D eigenvalue weighted by molar-refractivity contribution is 0.184. The van der Waals surface area contributed by atoms with Gasteiger partial charge in [-0.1, -0.05) is 0 Å². The summed E-state index contributed by atoms with van der Waals surface area (Å²) in [7, 11) is 1.71. The molecule has 0 radical (unpaired) electrons. The molecule has 1 rings (SSSR count). The number of nitrogens with two attached hydrogens (primary N) is 1. The van der Waals surface area contributed by atoms with Crippen molar-refractivity contribution in [2.24, 2.45) is 5.73 Å². The first-order chi connectivity index (χ1) is 7.86. The third-order valence-electron chi connectivity index (χ3n) is 2.21. The molecule has 0 atom stereocenters. The number of pyridine rings is 1. The molecule has 0 spiro atoms. The van der Waals surface area contributed by atoms with Crippen LogP contribution in [0.2, 0.25) is 0 Å². The molecule has 1 aromatic heterocycles. The predicted molar refractivity (Wildman–Crippen MR) is 63.6 cm³/mol. The van der Waals surface area contributed by atoms with Crippen molar-refractivity contribution in [3.63, 3.8) is 0 Å². The first-order valence-corrected chi connectivity index (χ1v) is 5.63. The molecule has 0 amide bonds. The van der Waals surface area contributed by atoms with E-state index in [-0.39, 0.29) is 0 Å². The third-order valence-corrected chi connectivity index (χ3v) is 2.21. The van der Waals surface area contributed by atoms with E-state index in [4.69, 9.17) is 15.2 Å². The average Bonchev–Trinajstić information content (AvgIpc) is 2.31. The lowest BCUT2D eigenvalue weighted by Gasteiger charge is -2.06. The van der Waals surface area contributed by atoms with E-state index in [2.05, 4.69) is 4.98 Å². The van der Waals surface area contributed by atoms with Gasteiger partial charge in [0.2, 0.25) is 0 Å². The zero-order chi connectivity index (χ0) is 11.6. The van der Waals surface area contributed by atoms with Crippen molar-refractivity contribution in [3.05, 3.63) is 24.0 Å². The first kappa shape index (κ1) is 12.9. The summed E-state index contributed by atoms with van der Waals surface area (Å²) in [5, 5.41) is 0. The zero-order valence-electron chi connectivity index (χ0n) is 9.82. The lowest BCUT2D eigenvalue weighted by atomic mass is 10.3. The van der Waals surface area contributed by atoms with Crippen LogP contribution >= 0.6 is 0 Å². The number of methoxy groups -OCH3 is 1. The highest BCUT2D eigenvalue weighted by atomic mass is 16.5. The molecule has 0 aliphatic rings. The van der Waals surface area contributed by atoms with E-state index >= 15 is 0 Å². The number of ether oxygens (including phenoxy) is 2. The van der Waals surface area contributed by atoms with Crippen molar-refractivity contribution in [1.82, 2.24) is 4.98 Å². The van der Waals surface area contributed by atoms with E-state index in [0.29, 0.717) is 13.2 Å². The summed E-state index contributed by atoms with van der Waals surface area (Å²) in [6, 6.07) is 3.89. The zero-order valence-corrected chi connectivity index (χ0v) is 9.82. The average molecular weight is 224 g/mol. The molecule has 0 aliphatic carbocycles. The van der Waals surface area contributed by atoms with Gasteiger partial charge in [0.05, 0.1) is 12.8 Å². The minimum absolute atomic E-state index is 0.629. The van der Waals surface area contributed by atoms with Gasteiger partial charge in [0.25, 0.3) is 0 Å². The second-order valence-corrected chi connectivity index (χ2v) is 3.57. The lowest BCUT2D eigenvalue weighted by Crippen LogP contribution is -2.04. The van der Waals surface area contributed by atoms with Gasteiger partial charge < -0.3 is 15.2 Å². The van der Waals surface area contributed by atoms with Crippen LogP contribution in [0.5, 0.6) is 5.75 Å². The maximum atomic E-state index is 5.54. The van der Waals surface area contributed by atoms with Crippen LogP contribution in [0.25, 0.3) is 0 Å². The Labute approximate surface area is 96.8 Å². The fraction of sp³-hybridized carbons (Fsp3) is 0.583. The van der Waals surface area contributed by atoms with E-state index in [1.54, 1.807) is 13.3 Å². The molecular weight excluding hydrogens is 204 g/mol. The summed E-state index contributed by atoms with van der Waals surface area (Å²) in [5.41, 5.74) is 6.45. The Hall–Kier alpha value is -1.13. The Bertz CT molecular complexity index is 275. The summed E-state index contributed by atoms with van der Waals surface area (Å²) in [6.45, 7) is 2.13. The quantitative estimate of drug-likeness (QED) is 0.678. The topological polar surface area (TPSA) is 57.4 Å². The number of hydrogen-bond donors (Lipinski definition) is 1. The number of aromatic nitrogens is 1. The number of unbranched alkanes of at least 4 members (excludes halogenated alkanes) is 1. The van der Waals surface area contributed by atoms with Gasteiger partial charge in [0.15, 0.2) is 0 Å². The Kier molecular flexibility index (Phi) is 6.53. The van der Waals surface area contributed by atoms with Crippen LogP contribution in [0.15, 0.2) is 18.3 Å².